The predicted molar refractivity (Wildman–Crippen MR) is 145 cm³/mol. The first-order valence-corrected chi connectivity index (χ1v) is 14.4. The van der Waals surface area contributed by atoms with E-state index in [0.717, 1.165) is 25.3 Å². The number of piperazine rings is 1. The number of rotatable bonds is 5. The van der Waals surface area contributed by atoms with E-state index in [1.54, 1.807) is 4.90 Å². The van der Waals surface area contributed by atoms with Crippen molar-refractivity contribution in [2.45, 2.75) is 62.1 Å². The molecule has 15 heteroatoms. The molecule has 4 atom stereocenters. The smallest absolute Gasteiger partial charge is 0.419 e. The lowest BCUT2D eigenvalue weighted by Gasteiger charge is -2.34. The minimum Gasteiger partial charge on any atom is -0.461 e. The molecule has 3 aromatic rings. The second-order valence-electron chi connectivity index (χ2n) is 12.2. The van der Waals surface area contributed by atoms with Crippen molar-refractivity contribution in [1.29, 1.82) is 0 Å². The summed E-state index contributed by atoms with van der Waals surface area (Å²) in [4.78, 5) is 12.4. The zero-order valence-electron chi connectivity index (χ0n) is 23.3. The van der Waals surface area contributed by atoms with Crippen molar-refractivity contribution in [1.82, 2.24) is 20.2 Å². The number of hydrogen-bond donors (Lipinski definition) is 2. The number of anilines is 2. The van der Waals surface area contributed by atoms with Crippen molar-refractivity contribution < 1.29 is 39.9 Å². The average molecular weight is 629 g/mol. The van der Waals surface area contributed by atoms with Gasteiger partial charge in [0.15, 0.2) is 11.6 Å². The Labute approximate surface area is 246 Å². The van der Waals surface area contributed by atoms with E-state index in [2.05, 4.69) is 15.3 Å². The number of nitrogens with one attached hydrogen (secondary N) is 1. The van der Waals surface area contributed by atoms with Gasteiger partial charge in [-0.1, -0.05) is 0 Å². The van der Waals surface area contributed by atoms with Gasteiger partial charge in [0.1, 0.15) is 41.3 Å². The van der Waals surface area contributed by atoms with Crippen molar-refractivity contribution in [2.24, 2.45) is 0 Å². The van der Waals surface area contributed by atoms with Crippen LogP contribution < -0.4 is 20.7 Å². The zero-order chi connectivity index (χ0) is 31.1. The highest BCUT2D eigenvalue weighted by molar-refractivity contribution is 5.94. The Hall–Kier alpha value is -3.46. The van der Waals surface area contributed by atoms with Gasteiger partial charge in [-0.05, 0) is 38.3 Å². The van der Waals surface area contributed by atoms with Crippen LogP contribution in [-0.2, 0) is 6.18 Å². The predicted octanol–water partition coefficient (Wildman–Crippen LogP) is 5.35. The van der Waals surface area contributed by atoms with Crippen molar-refractivity contribution >= 4 is 22.4 Å². The van der Waals surface area contributed by atoms with Crippen LogP contribution >= 0.6 is 0 Å². The Morgan fingerprint density at radius 3 is 2.41 bits per heavy atom. The molecule has 0 radical (unpaired) electrons. The largest absolute Gasteiger partial charge is 0.461 e. The number of nitrogens with two attached hydrogens (primary N) is 1. The SMILES string of the molecule is Nc1cc(F)c(C(F)(F)F)c(-c2c(F)cc3c(N4C[C@H]5CC[C@@H](C4)N5)nc(OC[C@@]45CCCN4C[C@H](F)C5)nc3c2F)c1F. The van der Waals surface area contributed by atoms with E-state index in [1.165, 1.54) is 0 Å². The molecule has 4 aliphatic rings. The minimum atomic E-state index is -5.52. The molecular weight excluding hydrogens is 600 g/mol. The molecule has 5 heterocycles. The number of fused-ring (bicyclic) bond motifs is 4. The lowest BCUT2D eigenvalue weighted by molar-refractivity contribution is -0.139. The van der Waals surface area contributed by atoms with E-state index < -0.39 is 69.1 Å². The Bertz CT molecular complexity index is 1640. The maximum atomic E-state index is 16.4. The summed E-state index contributed by atoms with van der Waals surface area (Å²) in [6, 6.07) is 0.622. The van der Waals surface area contributed by atoms with Crippen LogP contribution in [0.3, 0.4) is 0 Å². The lowest BCUT2D eigenvalue weighted by atomic mass is 9.94. The first-order chi connectivity index (χ1) is 20.8. The Balaban J connectivity index is 1.40. The Kier molecular flexibility index (Phi) is 6.84. The van der Waals surface area contributed by atoms with Gasteiger partial charge in [0.2, 0.25) is 0 Å². The summed E-state index contributed by atoms with van der Waals surface area (Å²) in [5.74, 6) is -6.98. The first kappa shape index (κ1) is 29.3. The van der Waals surface area contributed by atoms with E-state index in [-0.39, 0.29) is 54.9 Å². The monoisotopic (exact) mass is 628 g/mol. The fourth-order valence-electron chi connectivity index (χ4n) is 7.47. The summed E-state index contributed by atoms with van der Waals surface area (Å²) in [5, 5.41) is 3.25. The fourth-order valence-corrected chi connectivity index (χ4v) is 7.47. The number of aromatic nitrogens is 2. The van der Waals surface area contributed by atoms with Gasteiger partial charge in [-0.25, -0.2) is 22.0 Å². The van der Waals surface area contributed by atoms with Gasteiger partial charge >= 0.3 is 12.2 Å². The second kappa shape index (κ2) is 10.3. The molecule has 1 aromatic heterocycles. The highest BCUT2D eigenvalue weighted by atomic mass is 19.4. The van der Waals surface area contributed by atoms with E-state index in [9.17, 15) is 22.0 Å². The zero-order valence-corrected chi connectivity index (χ0v) is 23.3. The third kappa shape index (κ3) is 4.70. The quantitative estimate of drug-likeness (QED) is 0.292. The summed E-state index contributed by atoms with van der Waals surface area (Å²) < 4.78 is 124. The van der Waals surface area contributed by atoms with Crippen LogP contribution in [0.15, 0.2) is 12.1 Å². The van der Waals surface area contributed by atoms with Gasteiger partial charge in [0.05, 0.1) is 16.8 Å². The maximum Gasteiger partial charge on any atom is 0.419 e. The number of nitrogens with zero attached hydrogens (tertiary/aromatic N) is 4. The van der Waals surface area contributed by atoms with E-state index >= 15 is 13.2 Å². The van der Waals surface area contributed by atoms with Gasteiger partial charge in [0.25, 0.3) is 0 Å². The summed E-state index contributed by atoms with van der Waals surface area (Å²) >= 11 is 0. The highest BCUT2D eigenvalue weighted by Crippen LogP contribution is 2.46. The van der Waals surface area contributed by atoms with E-state index in [0.29, 0.717) is 26.1 Å². The number of hydrogen-bond acceptors (Lipinski definition) is 7. The fraction of sp³-hybridized carbons (Fsp3) is 0.517. The molecule has 0 aliphatic carbocycles. The molecule has 236 valence electrons. The molecular formula is C29H28F8N6O. The molecule has 7 nitrogen and oxygen atoms in total. The first-order valence-electron chi connectivity index (χ1n) is 14.4. The van der Waals surface area contributed by atoms with Crippen molar-refractivity contribution in [3.8, 4) is 17.1 Å². The average Bonchev–Trinajstić information content (AvgIpc) is 3.59. The topological polar surface area (TPSA) is 79.5 Å². The van der Waals surface area contributed by atoms with Crippen LogP contribution in [0.5, 0.6) is 6.01 Å². The van der Waals surface area contributed by atoms with Crippen LogP contribution in [0.25, 0.3) is 22.0 Å². The minimum absolute atomic E-state index is 0.0336. The summed E-state index contributed by atoms with van der Waals surface area (Å²) in [5.41, 5.74) is -2.30. The number of nitrogen functional groups attached to an aromatic ring is 1. The normalized spacial score (nSPS) is 27.0. The second-order valence-corrected chi connectivity index (χ2v) is 12.2. The molecule has 0 spiro atoms. The molecule has 0 amide bonds. The highest BCUT2D eigenvalue weighted by Gasteiger charge is 2.49. The number of alkyl halides is 4. The molecule has 4 aliphatic heterocycles. The van der Waals surface area contributed by atoms with Crippen LogP contribution in [0.4, 0.5) is 46.6 Å². The molecule has 44 heavy (non-hydrogen) atoms. The molecule has 2 bridgehead atoms. The Morgan fingerprint density at radius 1 is 0.977 bits per heavy atom. The molecule has 0 saturated carbocycles. The van der Waals surface area contributed by atoms with Crippen LogP contribution in [0.1, 0.15) is 37.7 Å². The van der Waals surface area contributed by atoms with Gasteiger partial charge in [-0.15, -0.1) is 0 Å². The van der Waals surface area contributed by atoms with Crippen LogP contribution in [0.2, 0.25) is 0 Å². The van der Waals surface area contributed by atoms with Crippen LogP contribution in [-0.4, -0.2) is 71.4 Å². The maximum absolute atomic E-state index is 16.4. The third-order valence-electron chi connectivity index (χ3n) is 9.37. The van der Waals surface area contributed by atoms with Crippen molar-refractivity contribution in [2.75, 3.05) is 43.4 Å². The van der Waals surface area contributed by atoms with Gasteiger partial charge < -0.3 is 20.7 Å². The molecule has 7 rings (SSSR count). The number of ether oxygens (including phenoxy) is 1. The van der Waals surface area contributed by atoms with Crippen molar-refractivity contribution in [3.63, 3.8) is 0 Å². The molecule has 2 aromatic carbocycles. The number of halogens is 8. The molecule has 4 saturated heterocycles. The summed E-state index contributed by atoms with van der Waals surface area (Å²) in [7, 11) is 0. The van der Waals surface area contributed by atoms with Crippen molar-refractivity contribution in [3.05, 3.63) is 41.0 Å². The number of benzene rings is 2. The lowest BCUT2D eigenvalue weighted by Crippen LogP contribution is -2.51. The summed E-state index contributed by atoms with van der Waals surface area (Å²) in [6.45, 7) is 1.73. The Morgan fingerprint density at radius 2 is 1.70 bits per heavy atom. The molecule has 0 unspecified atom stereocenters. The van der Waals surface area contributed by atoms with Gasteiger partial charge in [0, 0.05) is 55.2 Å². The molecule has 4 fully saturated rings. The third-order valence-corrected chi connectivity index (χ3v) is 9.37. The summed E-state index contributed by atoms with van der Waals surface area (Å²) in [6.07, 6.45) is -3.15. The van der Waals surface area contributed by atoms with E-state index in [1.807, 2.05) is 4.90 Å². The van der Waals surface area contributed by atoms with Gasteiger partial charge in [-0.2, -0.15) is 23.1 Å². The molecule has 3 N–H and O–H groups in total. The standard InChI is InChI=1S/C29H28F8N6O/c30-13-8-28(4-1-5-43(28)9-13)12-44-27-40-25-16(26(41-27)42-10-14-2-3-15(11-42)39-14)6-17(31)20(24(25)34)21-22(29(35,36)37)18(32)7-19(38)23(21)33/h6-7,13-15,39H,1-5,8-12,38H2/t13-,14-,15+,28+/m1/s1. The van der Waals surface area contributed by atoms with Gasteiger partial charge in [-0.3, -0.25) is 4.90 Å². The van der Waals surface area contributed by atoms with Crippen LogP contribution in [0, 0.1) is 23.3 Å². The van der Waals surface area contributed by atoms with E-state index in [4.69, 9.17) is 10.5 Å².